The summed E-state index contributed by atoms with van der Waals surface area (Å²) >= 11 is 0.0731. The molecule has 2 unspecified atom stereocenters. The molecule has 1 aromatic carbocycles. The predicted octanol–water partition coefficient (Wildman–Crippen LogP) is 13.8. The predicted molar refractivity (Wildman–Crippen MR) is 214 cm³/mol. The molecule has 0 saturated carbocycles. The van der Waals surface area contributed by atoms with Gasteiger partial charge in [0, 0.05) is 0 Å². The van der Waals surface area contributed by atoms with E-state index in [1.807, 2.05) is 0 Å². The van der Waals surface area contributed by atoms with Gasteiger partial charge in [0.15, 0.2) is 0 Å². The molecule has 3 rings (SSSR count). The van der Waals surface area contributed by atoms with Gasteiger partial charge in [-0.3, -0.25) is 0 Å². The van der Waals surface area contributed by atoms with Crippen molar-refractivity contribution in [2.45, 2.75) is 173 Å². The fraction of sp³-hybridized carbons (Fsp3) is 0.750. The Morgan fingerprint density at radius 1 is 0.477 bits per heavy atom. The van der Waals surface area contributed by atoms with E-state index >= 15 is 0 Å². The minimum atomic E-state index is -2.21. The summed E-state index contributed by atoms with van der Waals surface area (Å²) in [6.45, 7) is 9.47. The van der Waals surface area contributed by atoms with Crippen molar-refractivity contribution in [1.82, 2.24) is 0 Å². The summed E-state index contributed by atoms with van der Waals surface area (Å²) < 4.78 is 7.00. The third-order valence-corrected chi connectivity index (χ3v) is 31.4. The Kier molecular flexibility index (Phi) is 17.0. The average Bonchev–Trinajstić information content (AvgIpc) is 3.61. The van der Waals surface area contributed by atoms with E-state index in [2.05, 4.69) is 92.1 Å². The van der Waals surface area contributed by atoms with Crippen LogP contribution in [-0.4, -0.2) is 36.8 Å². The van der Waals surface area contributed by atoms with E-state index < -0.39 is 36.8 Å². The maximum absolute atomic E-state index is 2.75. The van der Waals surface area contributed by atoms with Crippen LogP contribution >= 0.6 is 22.7 Å². The van der Waals surface area contributed by atoms with Gasteiger partial charge < -0.3 is 0 Å². The number of aryl methyl sites for hydroxylation is 2. The summed E-state index contributed by atoms with van der Waals surface area (Å²) in [5.41, 5.74) is 3.51. The number of thiophene rings is 2. The number of fused-ring (bicyclic) bond motifs is 2. The molecule has 250 valence electrons. The molecule has 0 aliphatic heterocycles. The number of benzene rings is 1. The van der Waals surface area contributed by atoms with Gasteiger partial charge in [-0.15, -0.1) is 0 Å². The Balaban J connectivity index is 2.12. The average molecular weight is 853 g/mol. The van der Waals surface area contributed by atoms with Crippen LogP contribution in [0.2, 0.25) is 29.6 Å². The Hall–Kier alpha value is 0.737. The van der Waals surface area contributed by atoms with Crippen LogP contribution in [0.5, 0.6) is 0 Å². The summed E-state index contributed by atoms with van der Waals surface area (Å²) in [5.74, 6) is 1.80. The zero-order valence-electron chi connectivity index (χ0n) is 30.9. The summed E-state index contributed by atoms with van der Waals surface area (Å²) in [4.78, 5) is 15.8. The van der Waals surface area contributed by atoms with E-state index in [4.69, 9.17) is 0 Å². The summed E-state index contributed by atoms with van der Waals surface area (Å²) in [6, 6.07) is 5.50. The quantitative estimate of drug-likeness (QED) is 0.0698. The topological polar surface area (TPSA) is 0 Å². The van der Waals surface area contributed by atoms with E-state index in [1.54, 1.807) is 37.1 Å². The number of unbranched alkanes of at least 4 members (excludes halogenated alkanes) is 6. The van der Waals surface area contributed by atoms with Gasteiger partial charge in [0.05, 0.1) is 0 Å². The second-order valence-electron chi connectivity index (χ2n) is 16.2. The number of hydrogen-bond donors (Lipinski definition) is 0. The summed E-state index contributed by atoms with van der Waals surface area (Å²) in [6.07, 6.45) is 24.9. The minimum absolute atomic E-state index is 0.898. The van der Waals surface area contributed by atoms with Crippen molar-refractivity contribution in [3.63, 3.8) is 0 Å². The van der Waals surface area contributed by atoms with Gasteiger partial charge in [0.1, 0.15) is 0 Å². The standard InChI is InChI=1S/C34H52S2.6CH3.2Sn/c1-5-9-13-17-27(15-11-7-3)19-21-29-31-23-25-36-34(31)30(32-24-26-35-33(29)32)22-20-28(16-12-8-4)18-14-10-6-2;;;;;;;;/h23-24,27-28H,5-22H2,1-4H3;6*1H3;;. The van der Waals surface area contributed by atoms with Gasteiger partial charge in [-0.2, -0.15) is 0 Å². The van der Waals surface area contributed by atoms with Crippen molar-refractivity contribution in [2.75, 3.05) is 0 Å². The molecule has 0 nitrogen and oxygen atoms in total. The van der Waals surface area contributed by atoms with Crippen LogP contribution in [0.25, 0.3) is 20.2 Å². The molecule has 3 aromatic rings. The third-order valence-electron chi connectivity index (χ3n) is 10.1. The Morgan fingerprint density at radius 3 is 1.14 bits per heavy atom. The van der Waals surface area contributed by atoms with Crippen LogP contribution in [-0.2, 0) is 12.8 Å². The van der Waals surface area contributed by atoms with Gasteiger partial charge >= 0.3 is 293 Å². The number of hydrogen-bond acceptors (Lipinski definition) is 2. The second-order valence-corrected chi connectivity index (χ2v) is 49.2. The molecule has 0 saturated heterocycles. The molecule has 0 aliphatic rings. The first-order valence-corrected chi connectivity index (χ1v) is 40.6. The molecule has 2 atom stereocenters. The monoisotopic (exact) mass is 854 g/mol. The van der Waals surface area contributed by atoms with E-state index in [9.17, 15) is 0 Å². The zero-order valence-corrected chi connectivity index (χ0v) is 38.2. The molecule has 0 radical (unpaired) electrons. The molecular weight excluding hydrogens is 782 g/mol. The van der Waals surface area contributed by atoms with Gasteiger partial charge in [0.25, 0.3) is 0 Å². The molecule has 0 fully saturated rings. The first-order chi connectivity index (χ1) is 20.9. The first-order valence-electron chi connectivity index (χ1n) is 19.0. The maximum atomic E-state index is 2.75. The number of rotatable bonds is 22. The van der Waals surface area contributed by atoms with Crippen LogP contribution in [0.4, 0.5) is 0 Å². The molecular formula is C40H70S2Sn2. The van der Waals surface area contributed by atoms with Crippen LogP contribution < -0.4 is 5.79 Å². The van der Waals surface area contributed by atoms with E-state index in [0.717, 1.165) is 11.8 Å². The summed E-state index contributed by atoms with van der Waals surface area (Å²) in [7, 11) is 0. The van der Waals surface area contributed by atoms with Crippen LogP contribution in [0, 0.1) is 11.8 Å². The molecule has 0 bridgehead atoms. The molecule has 0 aliphatic carbocycles. The fourth-order valence-electron chi connectivity index (χ4n) is 7.07. The van der Waals surface area contributed by atoms with Crippen molar-refractivity contribution in [1.29, 1.82) is 0 Å². The van der Waals surface area contributed by atoms with E-state index in [-0.39, 0.29) is 0 Å². The normalized spacial score (nSPS) is 14.2. The molecule has 0 amide bonds. The second kappa shape index (κ2) is 19.1. The molecule has 2 aromatic heterocycles. The molecule has 44 heavy (non-hydrogen) atoms. The van der Waals surface area contributed by atoms with Crippen molar-refractivity contribution in [3.05, 3.63) is 23.3 Å². The summed E-state index contributed by atoms with van der Waals surface area (Å²) in [5, 5.41) is 3.38. The van der Waals surface area contributed by atoms with Crippen molar-refractivity contribution >= 4 is 85.4 Å². The van der Waals surface area contributed by atoms with Crippen LogP contribution in [0.1, 0.15) is 142 Å². The van der Waals surface area contributed by atoms with Gasteiger partial charge in [-0.1, -0.05) is 0 Å². The molecule has 4 heteroatoms. The van der Waals surface area contributed by atoms with Crippen molar-refractivity contribution in [3.8, 4) is 0 Å². The van der Waals surface area contributed by atoms with Crippen LogP contribution in [0.3, 0.4) is 0 Å². The Bertz CT molecular complexity index is 1100. The SMILES string of the molecule is CCCCCC(CCCC)CCc1c2c[c]([Sn]([CH3])([CH3])[CH3])sc2c(CCC(CCCC)CCCCC)c2c[c]([Sn]([CH3])([CH3])[CH3])sc12. The van der Waals surface area contributed by atoms with Gasteiger partial charge in [-0.25, -0.2) is 0 Å². The molecule has 0 spiro atoms. The zero-order chi connectivity index (χ0) is 32.3. The Morgan fingerprint density at radius 2 is 0.818 bits per heavy atom. The van der Waals surface area contributed by atoms with Crippen molar-refractivity contribution in [2.24, 2.45) is 11.8 Å². The van der Waals surface area contributed by atoms with Crippen LogP contribution in [0.15, 0.2) is 12.1 Å². The van der Waals surface area contributed by atoms with Gasteiger partial charge in [-0.05, 0) is 0 Å². The first kappa shape index (κ1) is 39.2. The molecule has 0 N–H and O–H groups in total. The van der Waals surface area contributed by atoms with Gasteiger partial charge in [0.2, 0.25) is 0 Å². The fourth-order valence-corrected chi connectivity index (χ4v) is 20.0. The Labute approximate surface area is 290 Å². The van der Waals surface area contributed by atoms with E-state index in [1.165, 1.54) is 116 Å². The third kappa shape index (κ3) is 11.4. The van der Waals surface area contributed by atoms with E-state index in [0.29, 0.717) is 0 Å². The molecule has 2 heterocycles. The van der Waals surface area contributed by atoms with Crippen molar-refractivity contribution < 1.29 is 0 Å².